The smallest absolute Gasteiger partial charge is 0.459 e. The number of nitrogens with one attached hydrogen (secondary N) is 2. The van der Waals surface area contributed by atoms with E-state index in [1.54, 1.807) is 13.8 Å². The summed E-state index contributed by atoms with van der Waals surface area (Å²) < 4.78 is 62.0. The van der Waals surface area contributed by atoms with E-state index in [1.165, 1.54) is 60.3 Å². The van der Waals surface area contributed by atoms with E-state index in [9.17, 15) is 28.0 Å². The van der Waals surface area contributed by atoms with E-state index in [0.29, 0.717) is 5.02 Å². The van der Waals surface area contributed by atoms with E-state index >= 15 is 0 Å². The van der Waals surface area contributed by atoms with Crippen molar-refractivity contribution in [3.05, 3.63) is 41.9 Å². The number of carbonyl (C=O) groups excluding carboxylic acids is 1. The minimum Gasteiger partial charge on any atom is -0.462 e. The Balaban J connectivity index is 1.38. The number of anilines is 1. The molecular weight excluding hydrogens is 681 g/mol. The molecule has 4 unspecified atom stereocenters. The van der Waals surface area contributed by atoms with Crippen molar-refractivity contribution >= 4 is 52.3 Å². The van der Waals surface area contributed by atoms with Gasteiger partial charge in [0.2, 0.25) is 10.0 Å². The third-order valence-electron chi connectivity index (χ3n) is 7.26. The zero-order chi connectivity index (χ0) is 34.3. The fourth-order valence-corrected chi connectivity index (χ4v) is 7.11. The molecule has 0 radical (unpaired) electrons. The number of aromatic nitrogens is 4. The van der Waals surface area contributed by atoms with Crippen LogP contribution in [0.1, 0.15) is 46.8 Å². The molecule has 3 aromatic rings. The lowest BCUT2D eigenvalue weighted by Gasteiger charge is -2.27. The van der Waals surface area contributed by atoms with Crippen LogP contribution >= 0.6 is 19.3 Å². The lowest BCUT2D eigenvalue weighted by molar-refractivity contribution is -0.149. The van der Waals surface area contributed by atoms with Gasteiger partial charge in [-0.3, -0.25) is 18.9 Å². The molecule has 1 aliphatic heterocycles. The highest BCUT2D eigenvalue weighted by atomic mass is 35.5. The number of nitrogens with zero attached hydrogens (tertiary/aromatic N) is 5. The average Bonchev–Trinajstić information content (AvgIpc) is 3.69. The number of carbonyl (C=O) groups is 1. The minimum atomic E-state index is -4.36. The van der Waals surface area contributed by atoms with Crippen molar-refractivity contribution in [3.8, 4) is 5.75 Å². The lowest BCUT2D eigenvalue weighted by atomic mass is 9.96. The maximum absolute atomic E-state index is 14.0. The van der Waals surface area contributed by atoms with Gasteiger partial charge >= 0.3 is 13.7 Å². The minimum absolute atomic E-state index is 0.110. The molecule has 258 valence electrons. The van der Waals surface area contributed by atoms with E-state index in [0.717, 1.165) is 19.1 Å². The SMILES string of the molecule is CC(C)OC(=O)C(C)NP(=O)(OCC1OC(n2cnc3c(N(NS(C)(=O)=O)C4CC4)ncnc32)[C@](C)(O)[C@@H]1O)Oc1ccc(Cl)cc1. The molecule has 47 heavy (non-hydrogen) atoms. The predicted octanol–water partition coefficient (Wildman–Crippen LogP) is 2.06. The Labute approximate surface area is 276 Å². The normalized spacial score (nSPS) is 25.1. The second-order valence-electron chi connectivity index (χ2n) is 11.9. The van der Waals surface area contributed by atoms with E-state index in [-0.39, 0.29) is 28.8 Å². The van der Waals surface area contributed by atoms with Crippen LogP contribution < -0.4 is 19.5 Å². The van der Waals surface area contributed by atoms with Gasteiger partial charge in [0.15, 0.2) is 23.2 Å². The molecule has 17 nitrogen and oxygen atoms in total. The number of hydrogen-bond acceptors (Lipinski definition) is 14. The van der Waals surface area contributed by atoms with Crippen molar-refractivity contribution in [1.82, 2.24) is 29.4 Å². The third kappa shape index (κ3) is 8.21. The van der Waals surface area contributed by atoms with E-state index in [4.69, 9.17) is 30.1 Å². The first-order valence-electron chi connectivity index (χ1n) is 14.7. The first-order valence-corrected chi connectivity index (χ1v) is 18.5. The van der Waals surface area contributed by atoms with Crippen LogP contribution in [0.5, 0.6) is 5.75 Å². The molecule has 1 saturated carbocycles. The Morgan fingerprint density at radius 1 is 1.23 bits per heavy atom. The molecule has 2 aliphatic rings. The van der Waals surface area contributed by atoms with Crippen LogP contribution in [-0.4, -0.2) is 93.0 Å². The molecular formula is C27H37ClN7O10PS. The number of aliphatic hydroxyl groups excluding tert-OH is 1. The summed E-state index contributed by atoms with van der Waals surface area (Å²) >= 11 is 5.96. The molecule has 20 heteroatoms. The molecule has 4 N–H and O–H groups in total. The lowest BCUT2D eigenvalue weighted by Crippen LogP contribution is -2.44. The Kier molecular flexibility index (Phi) is 10.2. The van der Waals surface area contributed by atoms with Crippen LogP contribution in [0.25, 0.3) is 11.2 Å². The van der Waals surface area contributed by atoms with Gasteiger partial charge in [-0.15, -0.1) is 4.83 Å². The fraction of sp³-hybridized carbons (Fsp3) is 0.556. The van der Waals surface area contributed by atoms with Crippen molar-refractivity contribution < 1.29 is 46.5 Å². The van der Waals surface area contributed by atoms with Crippen molar-refractivity contribution in [3.63, 3.8) is 0 Å². The third-order valence-corrected chi connectivity index (χ3v) is 9.68. The van der Waals surface area contributed by atoms with Gasteiger partial charge in [0.25, 0.3) is 0 Å². The number of esters is 1. The number of hydrogen-bond donors (Lipinski definition) is 4. The zero-order valence-corrected chi connectivity index (χ0v) is 28.6. The predicted molar refractivity (Wildman–Crippen MR) is 169 cm³/mol. The summed E-state index contributed by atoms with van der Waals surface area (Å²) in [6.45, 7) is 5.53. The molecule has 5 rings (SSSR count). The average molecular weight is 718 g/mol. The Morgan fingerprint density at radius 3 is 2.53 bits per heavy atom. The molecule has 3 heterocycles. The number of imidazole rings is 1. The molecule has 6 atom stereocenters. The number of hydrazine groups is 1. The second kappa shape index (κ2) is 13.5. The monoisotopic (exact) mass is 717 g/mol. The zero-order valence-electron chi connectivity index (χ0n) is 26.2. The number of aliphatic hydroxyl groups is 2. The van der Waals surface area contributed by atoms with Gasteiger partial charge in [-0.05, 0) is 64.8 Å². The maximum Gasteiger partial charge on any atom is 0.459 e. The van der Waals surface area contributed by atoms with Crippen molar-refractivity contribution in [2.45, 2.75) is 82.8 Å². The van der Waals surface area contributed by atoms with Crippen LogP contribution in [0.2, 0.25) is 5.02 Å². The van der Waals surface area contributed by atoms with Gasteiger partial charge < -0.3 is 24.2 Å². The van der Waals surface area contributed by atoms with Gasteiger partial charge in [-0.2, -0.15) is 5.09 Å². The van der Waals surface area contributed by atoms with E-state index in [1.807, 2.05) is 0 Å². The van der Waals surface area contributed by atoms with Crippen LogP contribution in [0, 0.1) is 0 Å². The largest absolute Gasteiger partial charge is 0.462 e. The number of ether oxygens (including phenoxy) is 2. The quantitative estimate of drug-likeness (QED) is 0.107. The first kappa shape index (κ1) is 35.4. The van der Waals surface area contributed by atoms with Gasteiger partial charge in [0.1, 0.15) is 35.9 Å². The van der Waals surface area contributed by atoms with E-state index < -0.39 is 66.5 Å². The van der Waals surface area contributed by atoms with Crippen LogP contribution in [0.4, 0.5) is 5.82 Å². The maximum atomic E-state index is 14.0. The molecule has 1 aromatic carbocycles. The Morgan fingerprint density at radius 2 is 1.91 bits per heavy atom. The molecule has 1 aliphatic carbocycles. The summed E-state index contributed by atoms with van der Waals surface area (Å²) in [7, 11) is -8.00. The molecule has 1 saturated heterocycles. The van der Waals surface area contributed by atoms with Gasteiger partial charge in [-0.25, -0.2) is 27.9 Å². The highest BCUT2D eigenvalue weighted by Gasteiger charge is 2.54. The van der Waals surface area contributed by atoms with Gasteiger partial charge in [0, 0.05) is 11.1 Å². The first-order chi connectivity index (χ1) is 22.0. The highest BCUT2D eigenvalue weighted by molar-refractivity contribution is 7.88. The number of sulfonamides is 1. The summed E-state index contributed by atoms with van der Waals surface area (Å²) in [5.74, 6) is -0.390. The molecule has 0 spiro atoms. The fourth-order valence-electron chi connectivity index (χ4n) is 4.89. The summed E-state index contributed by atoms with van der Waals surface area (Å²) in [6, 6.07) is 4.67. The Hall–Kier alpha value is -2.93. The number of fused-ring (bicyclic) bond motifs is 1. The highest BCUT2D eigenvalue weighted by Crippen LogP contribution is 2.47. The molecule has 0 amide bonds. The summed E-state index contributed by atoms with van der Waals surface area (Å²) in [4.78, 5) is 27.9. The summed E-state index contributed by atoms with van der Waals surface area (Å²) in [6.07, 6.45) is 0.499. The van der Waals surface area contributed by atoms with Crippen molar-refractivity contribution in [1.29, 1.82) is 0 Å². The second-order valence-corrected chi connectivity index (χ2v) is 15.7. The topological polar surface area (TPSA) is 217 Å². The van der Waals surface area contributed by atoms with Gasteiger partial charge in [-0.1, -0.05) is 11.6 Å². The van der Waals surface area contributed by atoms with E-state index in [2.05, 4.69) is 24.9 Å². The summed E-state index contributed by atoms with van der Waals surface area (Å²) in [5.41, 5.74) is -1.54. The van der Waals surface area contributed by atoms with Crippen molar-refractivity contribution in [2.75, 3.05) is 17.9 Å². The molecule has 2 fully saturated rings. The number of benzene rings is 1. The Bertz CT molecular complexity index is 1760. The summed E-state index contributed by atoms with van der Waals surface area (Å²) in [5, 5.41) is 27.0. The van der Waals surface area contributed by atoms with Gasteiger partial charge in [0.05, 0.1) is 25.3 Å². The van der Waals surface area contributed by atoms with Crippen LogP contribution in [0.3, 0.4) is 0 Å². The van der Waals surface area contributed by atoms with Crippen molar-refractivity contribution in [2.24, 2.45) is 0 Å². The molecule has 2 aromatic heterocycles. The molecule has 0 bridgehead atoms. The standard InChI is InChI=1S/C27H37ClN7O10PS/c1-15(2)43-25(37)16(3)32-46(39,45-19-10-6-17(28)7-11-19)42-12-20-22(36)27(4,38)26(44-20)34-14-31-21-23(34)29-13-30-24(21)35(18-8-9-18)33-47(5,40)41/h6-7,10-11,13-16,18,20,22,26,33,36,38H,8-9,12H2,1-5H3,(H,32,39)/t16?,20?,22-,26?,27-,46?/m1/s1. The van der Waals surface area contributed by atoms with Crippen LogP contribution in [0.15, 0.2) is 36.9 Å². The number of halogens is 1. The number of rotatable bonds is 14. The van der Waals surface area contributed by atoms with Crippen LogP contribution in [-0.2, 0) is 33.4 Å².